The Morgan fingerprint density at radius 2 is 2.39 bits per heavy atom. The summed E-state index contributed by atoms with van der Waals surface area (Å²) in [5, 5.41) is 3.38. The smallest absolute Gasteiger partial charge is 0.239 e. The van der Waals surface area contributed by atoms with Crippen LogP contribution in [0.4, 0.5) is 0 Å². The molecule has 4 heteroatoms. The highest BCUT2D eigenvalue weighted by molar-refractivity contribution is 5.82. The van der Waals surface area contributed by atoms with Gasteiger partial charge in [0.1, 0.15) is 0 Å². The van der Waals surface area contributed by atoms with Crippen LogP contribution in [0, 0.1) is 0 Å². The summed E-state index contributed by atoms with van der Waals surface area (Å²) in [4.78, 5) is 14.3. The van der Waals surface area contributed by atoms with E-state index >= 15 is 0 Å². The second-order valence-corrected chi connectivity index (χ2v) is 5.19. The summed E-state index contributed by atoms with van der Waals surface area (Å²) in [6.45, 7) is 3.26. The molecule has 1 saturated heterocycles. The van der Waals surface area contributed by atoms with Gasteiger partial charge in [0.25, 0.3) is 0 Å². The minimum atomic E-state index is 0.0462. The zero-order valence-corrected chi connectivity index (χ0v) is 11.3. The lowest BCUT2D eigenvalue weighted by Gasteiger charge is -2.30. The minimum absolute atomic E-state index is 0.0462. The van der Waals surface area contributed by atoms with E-state index in [0.717, 1.165) is 32.5 Å². The van der Waals surface area contributed by atoms with Crippen LogP contribution < -0.4 is 5.32 Å². The molecule has 1 fully saturated rings. The van der Waals surface area contributed by atoms with E-state index in [0.29, 0.717) is 6.61 Å². The van der Waals surface area contributed by atoms with Crippen molar-refractivity contribution in [3.8, 4) is 0 Å². The van der Waals surface area contributed by atoms with Crippen LogP contribution in [0.1, 0.15) is 32.1 Å². The molecule has 2 aliphatic rings. The van der Waals surface area contributed by atoms with Gasteiger partial charge in [0.2, 0.25) is 5.91 Å². The number of amides is 1. The molecule has 0 aromatic rings. The molecule has 1 N–H and O–H groups in total. The van der Waals surface area contributed by atoms with Gasteiger partial charge in [0.05, 0.1) is 12.6 Å². The van der Waals surface area contributed by atoms with E-state index in [1.807, 2.05) is 4.90 Å². The van der Waals surface area contributed by atoms with E-state index < -0.39 is 0 Å². The van der Waals surface area contributed by atoms with Crippen molar-refractivity contribution >= 4 is 5.91 Å². The quantitative estimate of drug-likeness (QED) is 0.770. The van der Waals surface area contributed by atoms with Crippen LogP contribution in [0.3, 0.4) is 0 Å². The first-order chi connectivity index (χ1) is 8.81. The van der Waals surface area contributed by atoms with Crippen LogP contribution in [0.15, 0.2) is 11.6 Å². The Labute approximate surface area is 109 Å². The highest BCUT2D eigenvalue weighted by Crippen LogP contribution is 2.15. The molecule has 2 aliphatic heterocycles. The third-order valence-corrected chi connectivity index (χ3v) is 3.80. The molecule has 4 nitrogen and oxygen atoms in total. The number of hydrogen-bond acceptors (Lipinski definition) is 3. The van der Waals surface area contributed by atoms with Gasteiger partial charge >= 0.3 is 0 Å². The van der Waals surface area contributed by atoms with Crippen LogP contribution in [0.5, 0.6) is 0 Å². The Balaban J connectivity index is 1.86. The van der Waals surface area contributed by atoms with E-state index in [-0.39, 0.29) is 11.9 Å². The first-order valence-electron chi connectivity index (χ1n) is 7.00. The molecular formula is C14H24N2O2. The van der Waals surface area contributed by atoms with E-state index in [4.69, 9.17) is 4.74 Å². The van der Waals surface area contributed by atoms with Gasteiger partial charge in [-0.25, -0.2) is 0 Å². The fourth-order valence-corrected chi connectivity index (χ4v) is 2.69. The van der Waals surface area contributed by atoms with E-state index in [1.165, 1.54) is 24.8 Å². The molecular weight excluding hydrogens is 228 g/mol. The lowest BCUT2D eigenvalue weighted by Crippen LogP contribution is -2.47. The molecule has 102 valence electrons. The van der Waals surface area contributed by atoms with Gasteiger partial charge in [-0.3, -0.25) is 4.79 Å². The Morgan fingerprint density at radius 3 is 3.11 bits per heavy atom. The van der Waals surface area contributed by atoms with Crippen molar-refractivity contribution in [2.45, 2.75) is 38.1 Å². The third kappa shape index (κ3) is 3.56. The molecule has 1 atom stereocenters. The van der Waals surface area contributed by atoms with Gasteiger partial charge in [-0.2, -0.15) is 0 Å². The number of hydrogen-bond donors (Lipinski definition) is 1. The van der Waals surface area contributed by atoms with E-state index in [2.05, 4.69) is 11.4 Å². The second kappa shape index (κ2) is 6.90. The third-order valence-electron chi connectivity index (χ3n) is 3.80. The molecule has 0 saturated carbocycles. The standard InChI is InChI=1S/C14H24N2O2/c1-18-11-12-6-9-16(10-7-12)14(17)13-5-3-2-4-8-15-13/h6,13,15H,2-5,7-11H2,1H3. The fourth-order valence-electron chi connectivity index (χ4n) is 2.69. The topological polar surface area (TPSA) is 41.6 Å². The van der Waals surface area contributed by atoms with E-state index in [9.17, 15) is 4.79 Å². The summed E-state index contributed by atoms with van der Waals surface area (Å²) in [6.07, 6.45) is 7.69. The van der Waals surface area contributed by atoms with Crippen molar-refractivity contribution in [2.24, 2.45) is 0 Å². The summed E-state index contributed by atoms with van der Waals surface area (Å²) in [5.41, 5.74) is 1.32. The van der Waals surface area contributed by atoms with Crippen molar-refractivity contribution in [3.63, 3.8) is 0 Å². The van der Waals surface area contributed by atoms with Crippen LogP contribution in [0.2, 0.25) is 0 Å². The summed E-state index contributed by atoms with van der Waals surface area (Å²) < 4.78 is 5.13. The summed E-state index contributed by atoms with van der Waals surface area (Å²) in [7, 11) is 1.72. The number of rotatable bonds is 3. The van der Waals surface area contributed by atoms with Crippen LogP contribution in [-0.4, -0.2) is 50.2 Å². The SMILES string of the molecule is COCC1=CCN(C(=O)C2CCCCCN2)CC1. The molecule has 2 heterocycles. The predicted octanol–water partition coefficient (Wildman–Crippen LogP) is 1.32. The zero-order valence-electron chi connectivity index (χ0n) is 11.3. The number of ether oxygens (including phenoxy) is 1. The van der Waals surface area contributed by atoms with Crippen LogP contribution >= 0.6 is 0 Å². The zero-order chi connectivity index (χ0) is 12.8. The van der Waals surface area contributed by atoms with Gasteiger partial charge in [0, 0.05) is 20.2 Å². The van der Waals surface area contributed by atoms with Gasteiger partial charge in [-0.15, -0.1) is 0 Å². The summed E-state index contributed by atoms with van der Waals surface area (Å²) in [6, 6.07) is 0.0462. The van der Waals surface area contributed by atoms with Gasteiger partial charge in [-0.1, -0.05) is 18.9 Å². The molecule has 0 aromatic carbocycles. The lowest BCUT2D eigenvalue weighted by molar-refractivity contribution is -0.133. The number of nitrogens with one attached hydrogen (secondary N) is 1. The molecule has 1 unspecified atom stereocenters. The van der Waals surface area contributed by atoms with Crippen molar-refractivity contribution in [1.82, 2.24) is 10.2 Å². The van der Waals surface area contributed by atoms with Crippen molar-refractivity contribution in [1.29, 1.82) is 0 Å². The summed E-state index contributed by atoms with van der Waals surface area (Å²) >= 11 is 0. The molecule has 0 spiro atoms. The molecule has 2 rings (SSSR count). The van der Waals surface area contributed by atoms with Crippen molar-refractivity contribution in [3.05, 3.63) is 11.6 Å². The first kappa shape index (κ1) is 13.6. The maximum absolute atomic E-state index is 12.4. The maximum Gasteiger partial charge on any atom is 0.239 e. The first-order valence-corrected chi connectivity index (χ1v) is 7.00. The highest BCUT2D eigenvalue weighted by Gasteiger charge is 2.25. The Hall–Kier alpha value is -0.870. The normalized spacial score (nSPS) is 25.5. The largest absolute Gasteiger partial charge is 0.380 e. The molecule has 1 amide bonds. The highest BCUT2D eigenvalue weighted by atomic mass is 16.5. The predicted molar refractivity (Wildman–Crippen MR) is 71.4 cm³/mol. The average Bonchev–Trinajstić information content (AvgIpc) is 2.68. The summed E-state index contributed by atoms with van der Waals surface area (Å²) in [5.74, 6) is 0.282. The molecule has 0 bridgehead atoms. The molecule has 0 aliphatic carbocycles. The molecule has 18 heavy (non-hydrogen) atoms. The Morgan fingerprint density at radius 1 is 1.50 bits per heavy atom. The average molecular weight is 252 g/mol. The number of nitrogens with zero attached hydrogens (tertiary/aromatic N) is 1. The minimum Gasteiger partial charge on any atom is -0.380 e. The number of methoxy groups -OCH3 is 1. The second-order valence-electron chi connectivity index (χ2n) is 5.19. The Kier molecular flexibility index (Phi) is 5.20. The van der Waals surface area contributed by atoms with Gasteiger partial charge in [-0.05, 0) is 31.4 Å². The lowest BCUT2D eigenvalue weighted by atomic mass is 10.1. The van der Waals surface area contributed by atoms with Crippen LogP contribution in [-0.2, 0) is 9.53 Å². The van der Waals surface area contributed by atoms with Gasteiger partial charge < -0.3 is 15.0 Å². The number of carbonyl (C=O) groups is 1. The van der Waals surface area contributed by atoms with Crippen LogP contribution in [0.25, 0.3) is 0 Å². The maximum atomic E-state index is 12.4. The number of carbonyl (C=O) groups excluding carboxylic acids is 1. The Bertz CT molecular complexity index is 307. The van der Waals surface area contributed by atoms with Gasteiger partial charge in [0.15, 0.2) is 0 Å². The van der Waals surface area contributed by atoms with Crippen molar-refractivity contribution < 1.29 is 9.53 Å². The van der Waals surface area contributed by atoms with E-state index in [1.54, 1.807) is 7.11 Å². The molecule has 0 radical (unpaired) electrons. The van der Waals surface area contributed by atoms with Crippen molar-refractivity contribution in [2.75, 3.05) is 33.4 Å². The monoisotopic (exact) mass is 252 g/mol. The molecule has 0 aromatic heterocycles. The fraction of sp³-hybridized carbons (Fsp3) is 0.786.